The lowest BCUT2D eigenvalue weighted by atomic mass is 10.0. The number of hydrogen-bond donors (Lipinski definition) is 2. The molecule has 6 heteroatoms. The number of amides is 2. The summed E-state index contributed by atoms with van der Waals surface area (Å²) in [4.78, 5) is 30.1. The van der Waals surface area contributed by atoms with Crippen LogP contribution in [-0.4, -0.2) is 28.6 Å². The largest absolute Gasteiger partial charge is 0.349 e. The zero-order valence-electron chi connectivity index (χ0n) is 17.6. The molecular formula is C25H27N3O2S. The van der Waals surface area contributed by atoms with Crippen molar-refractivity contribution in [1.82, 2.24) is 15.6 Å². The predicted molar refractivity (Wildman–Crippen MR) is 125 cm³/mol. The molecule has 1 saturated carbocycles. The Bertz CT molecular complexity index is 1070. The van der Waals surface area contributed by atoms with Crippen molar-refractivity contribution in [2.45, 2.75) is 49.7 Å². The maximum absolute atomic E-state index is 12.7. The van der Waals surface area contributed by atoms with E-state index in [0.717, 1.165) is 42.1 Å². The lowest BCUT2D eigenvalue weighted by molar-refractivity contribution is -0.119. The quantitative estimate of drug-likeness (QED) is 0.472. The van der Waals surface area contributed by atoms with Gasteiger partial charge in [0.2, 0.25) is 5.91 Å². The average Bonchev–Trinajstić information content (AvgIpc) is 3.61. The number of fused-ring (bicyclic) bond motifs is 1. The Kier molecular flexibility index (Phi) is 6.87. The van der Waals surface area contributed by atoms with Crippen molar-refractivity contribution in [2.24, 2.45) is 0 Å². The van der Waals surface area contributed by atoms with Gasteiger partial charge in [0.25, 0.3) is 5.91 Å². The molecule has 5 nitrogen and oxygen atoms in total. The third-order valence-corrected chi connectivity index (χ3v) is 6.23. The Morgan fingerprint density at radius 1 is 1.10 bits per heavy atom. The van der Waals surface area contributed by atoms with Gasteiger partial charge in [-0.15, -0.1) is 0 Å². The van der Waals surface area contributed by atoms with Gasteiger partial charge < -0.3 is 10.6 Å². The molecule has 0 aliphatic heterocycles. The molecule has 31 heavy (non-hydrogen) atoms. The van der Waals surface area contributed by atoms with E-state index in [-0.39, 0.29) is 29.7 Å². The van der Waals surface area contributed by atoms with E-state index < -0.39 is 0 Å². The van der Waals surface area contributed by atoms with E-state index in [0.29, 0.717) is 10.6 Å². The van der Waals surface area contributed by atoms with Crippen molar-refractivity contribution in [3.63, 3.8) is 0 Å². The van der Waals surface area contributed by atoms with E-state index in [1.54, 1.807) is 6.07 Å². The van der Waals surface area contributed by atoms with Crippen LogP contribution in [0.1, 0.15) is 54.6 Å². The molecule has 1 aliphatic carbocycles. The highest BCUT2D eigenvalue weighted by molar-refractivity contribution is 7.99. The van der Waals surface area contributed by atoms with Gasteiger partial charge in [-0.25, -0.2) is 4.98 Å². The molecule has 160 valence electrons. The van der Waals surface area contributed by atoms with Crippen molar-refractivity contribution in [3.8, 4) is 0 Å². The average molecular weight is 434 g/mol. The summed E-state index contributed by atoms with van der Waals surface area (Å²) < 4.78 is 0. The Morgan fingerprint density at radius 3 is 2.58 bits per heavy atom. The Balaban J connectivity index is 1.46. The summed E-state index contributed by atoms with van der Waals surface area (Å²) >= 11 is 1.36. The molecule has 1 aliphatic rings. The Hall–Kier alpha value is -2.86. The first-order chi connectivity index (χ1) is 15.1. The zero-order valence-corrected chi connectivity index (χ0v) is 18.5. The fourth-order valence-electron chi connectivity index (χ4n) is 3.58. The third kappa shape index (κ3) is 5.64. The van der Waals surface area contributed by atoms with Gasteiger partial charge in [-0.3, -0.25) is 9.59 Å². The number of hydrogen-bond acceptors (Lipinski definition) is 4. The first-order valence-corrected chi connectivity index (χ1v) is 11.8. The van der Waals surface area contributed by atoms with Crippen LogP contribution in [0.5, 0.6) is 0 Å². The predicted octanol–water partition coefficient (Wildman–Crippen LogP) is 4.88. The van der Waals surface area contributed by atoms with Crippen LogP contribution >= 0.6 is 11.8 Å². The maximum atomic E-state index is 12.7. The molecule has 2 amide bonds. The summed E-state index contributed by atoms with van der Waals surface area (Å²) in [5.41, 5.74) is 2.50. The van der Waals surface area contributed by atoms with E-state index in [1.807, 2.05) is 54.6 Å². The van der Waals surface area contributed by atoms with Gasteiger partial charge >= 0.3 is 0 Å². The number of pyridine rings is 1. The van der Waals surface area contributed by atoms with Crippen LogP contribution in [0.25, 0.3) is 10.9 Å². The van der Waals surface area contributed by atoms with Gasteiger partial charge in [0, 0.05) is 11.4 Å². The van der Waals surface area contributed by atoms with Crippen molar-refractivity contribution in [1.29, 1.82) is 0 Å². The molecule has 0 saturated heterocycles. The van der Waals surface area contributed by atoms with E-state index in [2.05, 4.69) is 22.5 Å². The first kappa shape index (κ1) is 21.4. The lowest BCUT2D eigenvalue weighted by Gasteiger charge is -2.18. The topological polar surface area (TPSA) is 71.1 Å². The number of aromatic nitrogens is 1. The molecule has 0 radical (unpaired) electrons. The fourth-order valence-corrected chi connectivity index (χ4v) is 4.30. The normalized spacial score (nSPS) is 14.2. The number of carbonyl (C=O) groups is 2. The lowest BCUT2D eigenvalue weighted by Crippen LogP contribution is -2.30. The molecule has 2 aromatic carbocycles. The molecule has 1 atom stereocenters. The molecule has 2 N–H and O–H groups in total. The van der Waals surface area contributed by atoms with Gasteiger partial charge in [0.15, 0.2) is 0 Å². The summed E-state index contributed by atoms with van der Waals surface area (Å²) in [6.07, 6.45) is 3.95. The van der Waals surface area contributed by atoms with Gasteiger partial charge in [-0.2, -0.15) is 0 Å². The summed E-state index contributed by atoms with van der Waals surface area (Å²) in [5.74, 6) is 0.146. The van der Waals surface area contributed by atoms with E-state index in [9.17, 15) is 9.59 Å². The maximum Gasteiger partial charge on any atom is 0.252 e. The van der Waals surface area contributed by atoms with E-state index in [4.69, 9.17) is 0 Å². The van der Waals surface area contributed by atoms with Crippen LogP contribution in [0.4, 0.5) is 0 Å². The number of carbonyl (C=O) groups excluding carboxylic acids is 2. The van der Waals surface area contributed by atoms with Crippen LogP contribution in [0.2, 0.25) is 0 Å². The molecule has 4 rings (SSSR count). The van der Waals surface area contributed by atoms with Crippen LogP contribution in [0.3, 0.4) is 0 Å². The second kappa shape index (κ2) is 9.96. The zero-order chi connectivity index (χ0) is 21.6. The minimum atomic E-state index is -0.0699. The van der Waals surface area contributed by atoms with E-state index >= 15 is 0 Å². The highest BCUT2D eigenvalue weighted by Gasteiger charge is 2.25. The Morgan fingerprint density at radius 2 is 1.84 bits per heavy atom. The van der Waals surface area contributed by atoms with Gasteiger partial charge in [-0.1, -0.05) is 73.6 Å². The van der Waals surface area contributed by atoms with Crippen molar-refractivity contribution < 1.29 is 9.59 Å². The van der Waals surface area contributed by atoms with Gasteiger partial charge in [-0.05, 0) is 37.0 Å². The number of benzene rings is 2. The highest BCUT2D eigenvalue weighted by atomic mass is 32.2. The molecule has 0 spiro atoms. The van der Waals surface area contributed by atoms with Crippen molar-refractivity contribution >= 4 is 34.5 Å². The third-order valence-electron chi connectivity index (χ3n) is 5.32. The smallest absolute Gasteiger partial charge is 0.252 e. The van der Waals surface area contributed by atoms with Crippen LogP contribution < -0.4 is 10.6 Å². The first-order valence-electron chi connectivity index (χ1n) is 10.8. The monoisotopic (exact) mass is 433 g/mol. The number of para-hydroxylation sites is 1. The number of nitrogens with zero attached hydrogens (tertiary/aromatic N) is 1. The highest BCUT2D eigenvalue weighted by Crippen LogP contribution is 2.26. The van der Waals surface area contributed by atoms with Crippen molar-refractivity contribution in [3.05, 3.63) is 71.8 Å². The molecular weight excluding hydrogens is 406 g/mol. The van der Waals surface area contributed by atoms with Crippen molar-refractivity contribution in [2.75, 3.05) is 5.75 Å². The summed E-state index contributed by atoms with van der Waals surface area (Å²) in [6.45, 7) is 2.12. The Labute approximate surface area is 187 Å². The molecule has 1 heterocycles. The molecule has 1 unspecified atom stereocenters. The van der Waals surface area contributed by atoms with Gasteiger partial charge in [0.05, 0.1) is 27.9 Å². The number of thioether (sulfide) groups is 1. The minimum absolute atomic E-state index is 0.00347. The second-order valence-electron chi connectivity index (χ2n) is 7.88. The fraction of sp³-hybridized carbons (Fsp3) is 0.320. The SMILES string of the molecule is CCCC(NC(=O)CSc1cc(C(=O)NC2CC2)c2ccccc2n1)c1ccccc1. The standard InChI is InChI=1S/C25H27N3O2S/c1-2-8-21(17-9-4-3-5-10-17)27-23(29)16-31-24-15-20(25(30)26-18-13-14-18)19-11-6-7-12-22(19)28-24/h3-7,9-12,15,18,21H,2,8,13-14,16H2,1H3,(H,26,30)(H,27,29). The summed E-state index contributed by atoms with van der Waals surface area (Å²) in [7, 11) is 0. The van der Waals surface area contributed by atoms with Crippen LogP contribution in [-0.2, 0) is 4.79 Å². The second-order valence-corrected chi connectivity index (χ2v) is 8.88. The minimum Gasteiger partial charge on any atom is -0.349 e. The van der Waals surface area contributed by atoms with E-state index in [1.165, 1.54) is 11.8 Å². The molecule has 3 aromatic rings. The molecule has 0 bridgehead atoms. The van der Waals surface area contributed by atoms with Crippen LogP contribution in [0, 0.1) is 0 Å². The van der Waals surface area contributed by atoms with Gasteiger partial charge in [0.1, 0.15) is 0 Å². The molecule has 1 fully saturated rings. The van der Waals surface area contributed by atoms with Crippen LogP contribution in [0.15, 0.2) is 65.7 Å². The summed E-state index contributed by atoms with van der Waals surface area (Å²) in [5, 5.41) is 7.72. The molecule has 1 aromatic heterocycles. The number of rotatable bonds is 9. The summed E-state index contributed by atoms with van der Waals surface area (Å²) in [6, 6.07) is 19.8. The number of nitrogens with one attached hydrogen (secondary N) is 2.